The van der Waals surface area contributed by atoms with Crippen LogP contribution in [0.5, 0.6) is 0 Å². The standard InChI is InChI=1S/C7H6ClNO4S/c8-5-3-1-2-4-6(5)14(12,13)9-7(10)11/h1-4,9H,(H,10,11). The number of nitrogens with one attached hydrogen (secondary N) is 1. The lowest BCUT2D eigenvalue weighted by molar-refractivity contribution is 0.201. The first-order valence-electron chi connectivity index (χ1n) is 3.44. The van der Waals surface area contributed by atoms with Gasteiger partial charge in [0.15, 0.2) is 0 Å². The van der Waals surface area contributed by atoms with Crippen LogP contribution < -0.4 is 4.72 Å². The van der Waals surface area contributed by atoms with Crippen LogP contribution in [0.3, 0.4) is 0 Å². The van der Waals surface area contributed by atoms with Crippen LogP contribution in [0.1, 0.15) is 0 Å². The molecule has 1 amide bonds. The van der Waals surface area contributed by atoms with Gasteiger partial charge in [-0.15, -0.1) is 0 Å². The Morgan fingerprint density at radius 1 is 1.36 bits per heavy atom. The van der Waals surface area contributed by atoms with Gasteiger partial charge >= 0.3 is 6.09 Å². The van der Waals surface area contributed by atoms with Crippen molar-refractivity contribution in [2.45, 2.75) is 4.90 Å². The van der Waals surface area contributed by atoms with E-state index in [4.69, 9.17) is 16.7 Å². The highest BCUT2D eigenvalue weighted by Crippen LogP contribution is 2.19. The molecule has 0 fully saturated rings. The van der Waals surface area contributed by atoms with E-state index in [-0.39, 0.29) is 9.92 Å². The van der Waals surface area contributed by atoms with Crippen molar-refractivity contribution in [1.29, 1.82) is 0 Å². The van der Waals surface area contributed by atoms with E-state index < -0.39 is 16.1 Å². The summed E-state index contributed by atoms with van der Waals surface area (Å²) in [6, 6.07) is 5.57. The van der Waals surface area contributed by atoms with Gasteiger partial charge in [-0.05, 0) is 12.1 Å². The lowest BCUT2D eigenvalue weighted by atomic mass is 10.4. The molecule has 1 aromatic carbocycles. The summed E-state index contributed by atoms with van der Waals surface area (Å²) in [4.78, 5) is 9.91. The molecule has 76 valence electrons. The topological polar surface area (TPSA) is 83.5 Å². The molecule has 1 aromatic rings. The van der Waals surface area contributed by atoms with E-state index >= 15 is 0 Å². The van der Waals surface area contributed by atoms with Crippen LogP contribution >= 0.6 is 11.6 Å². The van der Waals surface area contributed by atoms with Crippen LogP contribution in [0.4, 0.5) is 4.79 Å². The molecule has 5 nitrogen and oxygen atoms in total. The van der Waals surface area contributed by atoms with Gasteiger partial charge in [0, 0.05) is 0 Å². The molecule has 0 radical (unpaired) electrons. The minimum atomic E-state index is -4.07. The SMILES string of the molecule is O=C(O)NS(=O)(=O)c1ccccc1Cl. The summed E-state index contributed by atoms with van der Waals surface area (Å²) in [7, 11) is -4.07. The molecule has 0 saturated heterocycles. The van der Waals surface area contributed by atoms with Crippen molar-refractivity contribution >= 4 is 27.7 Å². The van der Waals surface area contributed by atoms with E-state index in [2.05, 4.69) is 0 Å². The first kappa shape index (κ1) is 10.8. The van der Waals surface area contributed by atoms with Gasteiger partial charge in [-0.2, -0.15) is 0 Å². The number of hydrogen-bond donors (Lipinski definition) is 2. The minimum Gasteiger partial charge on any atom is -0.464 e. The van der Waals surface area contributed by atoms with Gasteiger partial charge < -0.3 is 5.11 Å². The molecule has 2 N–H and O–H groups in total. The lowest BCUT2D eigenvalue weighted by Gasteiger charge is -2.04. The Bertz CT molecular complexity index is 457. The number of halogens is 1. The van der Waals surface area contributed by atoms with Gasteiger partial charge in [0.25, 0.3) is 10.0 Å². The van der Waals surface area contributed by atoms with Gasteiger partial charge in [0.1, 0.15) is 4.90 Å². The predicted octanol–water partition coefficient (Wildman–Crippen LogP) is 1.30. The maximum Gasteiger partial charge on any atom is 0.418 e. The molecule has 0 saturated carbocycles. The molecule has 1 rings (SSSR count). The van der Waals surface area contributed by atoms with E-state index in [0.29, 0.717) is 0 Å². The second kappa shape index (κ2) is 3.85. The normalized spacial score (nSPS) is 10.9. The zero-order valence-corrected chi connectivity index (χ0v) is 8.34. The molecule has 0 heterocycles. The van der Waals surface area contributed by atoms with Gasteiger partial charge in [-0.1, -0.05) is 23.7 Å². The monoisotopic (exact) mass is 235 g/mol. The molecular weight excluding hydrogens is 230 g/mol. The summed E-state index contributed by atoms with van der Waals surface area (Å²) in [5, 5.41) is 8.24. The van der Waals surface area contributed by atoms with E-state index in [1.165, 1.54) is 22.9 Å². The van der Waals surface area contributed by atoms with Crippen LogP contribution in [0, 0.1) is 0 Å². The van der Waals surface area contributed by atoms with Gasteiger partial charge in [0.05, 0.1) is 5.02 Å². The fourth-order valence-electron chi connectivity index (χ4n) is 0.833. The summed E-state index contributed by atoms with van der Waals surface area (Å²) in [5.74, 6) is 0. The third kappa shape index (κ3) is 2.36. The number of rotatable bonds is 2. The van der Waals surface area contributed by atoms with Crippen LogP contribution in [-0.4, -0.2) is 19.6 Å². The zero-order chi connectivity index (χ0) is 10.8. The summed E-state index contributed by atoms with van der Waals surface area (Å²) in [6.07, 6.45) is -1.65. The van der Waals surface area contributed by atoms with Crippen molar-refractivity contribution in [2.75, 3.05) is 0 Å². The highest BCUT2D eigenvalue weighted by atomic mass is 35.5. The Kier molecular flexibility index (Phi) is 2.97. The number of benzene rings is 1. The molecule has 0 unspecified atom stereocenters. The third-order valence-electron chi connectivity index (χ3n) is 1.35. The molecule has 0 spiro atoms. The Morgan fingerprint density at radius 2 is 1.93 bits per heavy atom. The molecule has 0 aliphatic carbocycles. The second-order valence-electron chi connectivity index (χ2n) is 2.34. The summed E-state index contributed by atoms with van der Waals surface area (Å²) >= 11 is 5.58. The predicted molar refractivity (Wildman–Crippen MR) is 49.8 cm³/mol. The van der Waals surface area contributed by atoms with Crippen molar-refractivity contribution < 1.29 is 18.3 Å². The molecule has 7 heteroatoms. The Balaban J connectivity index is 3.17. The van der Waals surface area contributed by atoms with E-state index in [0.717, 1.165) is 0 Å². The molecule has 0 aliphatic heterocycles. The molecule has 14 heavy (non-hydrogen) atoms. The zero-order valence-electron chi connectivity index (χ0n) is 6.77. The Morgan fingerprint density at radius 3 is 2.43 bits per heavy atom. The van der Waals surface area contributed by atoms with Crippen LogP contribution in [0.2, 0.25) is 5.02 Å². The molecular formula is C7H6ClNO4S. The van der Waals surface area contributed by atoms with Crippen molar-refractivity contribution in [3.05, 3.63) is 29.3 Å². The van der Waals surface area contributed by atoms with Crippen molar-refractivity contribution in [2.24, 2.45) is 0 Å². The smallest absolute Gasteiger partial charge is 0.418 e. The fourth-order valence-corrected chi connectivity index (χ4v) is 2.20. The maximum absolute atomic E-state index is 11.3. The molecule has 0 atom stereocenters. The van der Waals surface area contributed by atoms with Crippen LogP contribution in [0.15, 0.2) is 29.2 Å². The molecule has 0 bridgehead atoms. The van der Waals surface area contributed by atoms with E-state index in [1.54, 1.807) is 6.07 Å². The quantitative estimate of drug-likeness (QED) is 0.809. The lowest BCUT2D eigenvalue weighted by Crippen LogP contribution is -2.28. The molecule has 0 aliphatic rings. The first-order valence-corrected chi connectivity index (χ1v) is 5.30. The largest absolute Gasteiger partial charge is 0.464 e. The van der Waals surface area contributed by atoms with Crippen molar-refractivity contribution in [1.82, 2.24) is 4.72 Å². The van der Waals surface area contributed by atoms with Gasteiger partial charge in [-0.3, -0.25) is 0 Å². The fraction of sp³-hybridized carbons (Fsp3) is 0. The molecule has 0 aromatic heterocycles. The number of carbonyl (C=O) groups is 1. The number of carboxylic acid groups (broad SMARTS) is 1. The highest BCUT2D eigenvalue weighted by molar-refractivity contribution is 7.90. The summed E-state index contributed by atoms with van der Waals surface area (Å²) in [5.41, 5.74) is 0. The second-order valence-corrected chi connectivity index (χ2v) is 4.40. The van der Waals surface area contributed by atoms with Crippen LogP contribution in [0.25, 0.3) is 0 Å². The van der Waals surface area contributed by atoms with E-state index in [1.807, 2.05) is 0 Å². The van der Waals surface area contributed by atoms with Gasteiger partial charge in [-0.25, -0.2) is 17.9 Å². The van der Waals surface area contributed by atoms with Gasteiger partial charge in [0.2, 0.25) is 0 Å². The average molecular weight is 236 g/mol. The van der Waals surface area contributed by atoms with E-state index in [9.17, 15) is 13.2 Å². The Hall–Kier alpha value is -1.27. The summed E-state index contributed by atoms with van der Waals surface area (Å²) < 4.78 is 24.0. The average Bonchev–Trinajstić information content (AvgIpc) is 2.02. The number of hydrogen-bond acceptors (Lipinski definition) is 3. The maximum atomic E-state index is 11.3. The third-order valence-corrected chi connectivity index (χ3v) is 3.17. The number of amides is 1. The summed E-state index contributed by atoms with van der Waals surface area (Å²) in [6.45, 7) is 0. The van der Waals surface area contributed by atoms with Crippen molar-refractivity contribution in [3.8, 4) is 0 Å². The highest BCUT2D eigenvalue weighted by Gasteiger charge is 2.19. The van der Waals surface area contributed by atoms with Crippen LogP contribution in [-0.2, 0) is 10.0 Å². The first-order chi connectivity index (χ1) is 6.43. The number of sulfonamides is 1. The van der Waals surface area contributed by atoms with Crippen molar-refractivity contribution in [3.63, 3.8) is 0 Å². The Labute approximate surface area is 85.4 Å². The minimum absolute atomic E-state index is 0.0266.